The number of pyridine rings is 1. The number of thioether (sulfide) groups is 1. The number of anilines is 1. The van der Waals surface area contributed by atoms with Crippen molar-refractivity contribution in [2.45, 2.75) is 6.92 Å². The minimum absolute atomic E-state index is 0.118. The number of aryl methyl sites for hydroxylation is 1. The van der Waals surface area contributed by atoms with Gasteiger partial charge in [0, 0.05) is 19.9 Å². The molecule has 0 bridgehead atoms. The Hall–Kier alpha value is -2.27. The molecule has 10 heteroatoms. The zero-order valence-electron chi connectivity index (χ0n) is 15.5. The maximum Gasteiger partial charge on any atom is 0.267 e. The highest BCUT2D eigenvalue weighted by molar-refractivity contribution is 8.26. The number of thiocarbonyl (C=S) groups is 1. The van der Waals surface area contributed by atoms with Crippen LogP contribution in [0.1, 0.15) is 11.1 Å². The van der Waals surface area contributed by atoms with Gasteiger partial charge in [0.05, 0.1) is 30.2 Å². The Kier molecular flexibility index (Phi) is 6.45. The molecule has 0 atom stereocenters. The molecule has 8 nitrogen and oxygen atoms in total. The predicted octanol–water partition coefficient (Wildman–Crippen LogP) is 1.25. The van der Waals surface area contributed by atoms with Gasteiger partial charge in [0.25, 0.3) is 11.5 Å². The highest BCUT2D eigenvalue weighted by Gasteiger charge is 2.32. The van der Waals surface area contributed by atoms with Gasteiger partial charge in [-0.3, -0.25) is 18.9 Å². The number of amides is 1. The van der Waals surface area contributed by atoms with Crippen LogP contribution >= 0.6 is 24.0 Å². The van der Waals surface area contributed by atoms with Gasteiger partial charge in [-0.1, -0.05) is 30.0 Å². The van der Waals surface area contributed by atoms with Crippen molar-refractivity contribution in [3.8, 4) is 0 Å². The maximum absolute atomic E-state index is 13.1. The Morgan fingerprint density at radius 3 is 2.89 bits per heavy atom. The first-order valence-corrected chi connectivity index (χ1v) is 9.80. The number of nitrogens with one attached hydrogen (secondary N) is 1. The van der Waals surface area contributed by atoms with Crippen molar-refractivity contribution in [2.75, 3.05) is 38.7 Å². The lowest BCUT2D eigenvalue weighted by Crippen LogP contribution is -2.31. The highest BCUT2D eigenvalue weighted by atomic mass is 32.2. The van der Waals surface area contributed by atoms with E-state index < -0.39 is 0 Å². The number of aromatic nitrogens is 2. The van der Waals surface area contributed by atoms with E-state index in [0.29, 0.717) is 33.8 Å². The summed E-state index contributed by atoms with van der Waals surface area (Å²) in [5.41, 5.74) is 1.31. The third-order valence-corrected chi connectivity index (χ3v) is 5.46. The first-order chi connectivity index (χ1) is 13.5. The lowest BCUT2D eigenvalue weighted by atomic mass is 10.2. The number of hydrogen-bond donors (Lipinski definition) is 2. The lowest BCUT2D eigenvalue weighted by molar-refractivity contribution is -0.122. The number of methoxy groups -OCH3 is 1. The monoisotopic (exact) mass is 420 g/mol. The molecule has 148 valence electrons. The van der Waals surface area contributed by atoms with Gasteiger partial charge in [0.2, 0.25) is 0 Å². The zero-order valence-corrected chi connectivity index (χ0v) is 17.1. The molecule has 1 aliphatic rings. The third-order valence-electron chi connectivity index (χ3n) is 4.08. The van der Waals surface area contributed by atoms with Crippen molar-refractivity contribution >= 4 is 51.7 Å². The van der Waals surface area contributed by atoms with Crippen LogP contribution in [-0.2, 0) is 9.53 Å². The molecule has 1 saturated heterocycles. The second-order valence-corrected chi connectivity index (χ2v) is 7.77. The maximum atomic E-state index is 13.1. The molecule has 1 fully saturated rings. The number of fused-ring (bicyclic) bond motifs is 1. The molecule has 2 N–H and O–H groups in total. The van der Waals surface area contributed by atoms with E-state index in [1.54, 1.807) is 19.4 Å². The van der Waals surface area contributed by atoms with Crippen LogP contribution in [0.15, 0.2) is 28.0 Å². The number of nitrogens with zero attached hydrogens (tertiary/aromatic N) is 3. The molecule has 0 unspecified atom stereocenters. The minimum atomic E-state index is -0.309. The van der Waals surface area contributed by atoms with Crippen LogP contribution in [0.2, 0.25) is 0 Å². The van der Waals surface area contributed by atoms with Crippen LogP contribution in [0, 0.1) is 6.92 Å². The molecule has 3 heterocycles. The molecular weight excluding hydrogens is 400 g/mol. The topological polar surface area (TPSA) is 96.2 Å². The molecule has 28 heavy (non-hydrogen) atoms. The Bertz CT molecular complexity index is 1020. The molecule has 0 spiro atoms. The minimum Gasteiger partial charge on any atom is -0.395 e. The van der Waals surface area contributed by atoms with E-state index in [1.165, 1.54) is 15.4 Å². The van der Waals surface area contributed by atoms with Gasteiger partial charge in [-0.15, -0.1) is 0 Å². The van der Waals surface area contributed by atoms with Crippen molar-refractivity contribution in [2.24, 2.45) is 0 Å². The summed E-state index contributed by atoms with van der Waals surface area (Å²) in [6, 6.07) is 3.60. The quantitative estimate of drug-likeness (QED) is 0.511. The van der Waals surface area contributed by atoms with Crippen LogP contribution in [0.25, 0.3) is 11.7 Å². The molecule has 0 saturated carbocycles. The summed E-state index contributed by atoms with van der Waals surface area (Å²) in [6.45, 7) is 2.70. The fraction of sp³-hybridized carbons (Fsp3) is 0.333. The second kappa shape index (κ2) is 8.82. The number of rotatable bonds is 7. The Morgan fingerprint density at radius 1 is 1.39 bits per heavy atom. The molecular formula is C18H20N4O4S2. The predicted molar refractivity (Wildman–Crippen MR) is 114 cm³/mol. The first-order valence-electron chi connectivity index (χ1n) is 8.58. The van der Waals surface area contributed by atoms with E-state index >= 15 is 0 Å². The van der Waals surface area contributed by atoms with E-state index in [4.69, 9.17) is 22.1 Å². The van der Waals surface area contributed by atoms with Gasteiger partial charge >= 0.3 is 0 Å². The first kappa shape index (κ1) is 20.5. The summed E-state index contributed by atoms with van der Waals surface area (Å²) >= 11 is 6.42. The molecule has 2 aromatic rings. The van der Waals surface area contributed by atoms with Gasteiger partial charge in [-0.25, -0.2) is 4.98 Å². The Balaban J connectivity index is 2.09. The van der Waals surface area contributed by atoms with Crippen LogP contribution in [0.3, 0.4) is 0 Å². The molecule has 1 aliphatic heterocycles. The van der Waals surface area contributed by atoms with E-state index in [1.807, 2.05) is 13.0 Å². The fourth-order valence-corrected chi connectivity index (χ4v) is 3.99. The zero-order chi connectivity index (χ0) is 20.3. The standard InChI is InChI=1S/C18H20N4O4S2/c1-11-3-4-14-20-15(19-5-7-23)12(16(24)22(14)10-11)9-13-17(25)21(6-8-26-2)18(27)28-13/h3-4,9-10,19,23H,5-8H2,1-2H3/b13-9+. The van der Waals surface area contributed by atoms with Crippen molar-refractivity contribution in [1.82, 2.24) is 14.3 Å². The van der Waals surface area contributed by atoms with Crippen LogP contribution < -0.4 is 10.9 Å². The van der Waals surface area contributed by atoms with E-state index in [0.717, 1.165) is 17.3 Å². The molecule has 0 aromatic carbocycles. The summed E-state index contributed by atoms with van der Waals surface area (Å²) in [5.74, 6) is 0.0407. The number of carbonyl (C=O) groups is 1. The van der Waals surface area contributed by atoms with Gasteiger partial charge in [-0.2, -0.15) is 0 Å². The lowest BCUT2D eigenvalue weighted by Gasteiger charge is -2.13. The van der Waals surface area contributed by atoms with Crippen molar-refractivity contribution < 1.29 is 14.6 Å². The van der Waals surface area contributed by atoms with Gasteiger partial charge in [0.15, 0.2) is 0 Å². The molecule has 1 amide bonds. The van der Waals surface area contributed by atoms with E-state index in [9.17, 15) is 9.59 Å². The number of ether oxygens (including phenoxy) is 1. The van der Waals surface area contributed by atoms with Crippen molar-refractivity contribution in [1.29, 1.82) is 0 Å². The average molecular weight is 421 g/mol. The summed E-state index contributed by atoms with van der Waals surface area (Å²) in [7, 11) is 1.55. The summed E-state index contributed by atoms with van der Waals surface area (Å²) in [5, 5.41) is 12.1. The van der Waals surface area contributed by atoms with Gasteiger partial charge in [-0.05, 0) is 24.6 Å². The third kappa shape index (κ3) is 4.09. The van der Waals surface area contributed by atoms with Crippen molar-refractivity contribution in [3.63, 3.8) is 0 Å². The smallest absolute Gasteiger partial charge is 0.267 e. The highest BCUT2D eigenvalue weighted by Crippen LogP contribution is 2.32. The van der Waals surface area contributed by atoms with E-state index in [2.05, 4.69) is 10.3 Å². The van der Waals surface area contributed by atoms with Crippen molar-refractivity contribution in [3.05, 3.63) is 44.7 Å². The number of aliphatic hydroxyl groups is 1. The number of hydrogen-bond acceptors (Lipinski definition) is 8. The Labute approximate surface area is 171 Å². The van der Waals surface area contributed by atoms with Crippen LogP contribution in [0.5, 0.6) is 0 Å². The molecule has 0 radical (unpaired) electrons. The second-order valence-electron chi connectivity index (χ2n) is 6.09. The molecule has 3 rings (SSSR count). The van der Waals surface area contributed by atoms with Crippen LogP contribution in [0.4, 0.5) is 5.82 Å². The van der Waals surface area contributed by atoms with Gasteiger partial charge in [0.1, 0.15) is 15.8 Å². The summed E-state index contributed by atoms with van der Waals surface area (Å²) in [6.07, 6.45) is 3.21. The Morgan fingerprint density at radius 2 is 2.18 bits per heavy atom. The SMILES string of the molecule is COCCN1C(=O)/C(=C\c2c(NCCO)nc3ccc(C)cn3c2=O)SC1=S. The average Bonchev–Trinajstić information content (AvgIpc) is 2.94. The fourth-order valence-electron chi connectivity index (χ4n) is 2.70. The molecule has 0 aliphatic carbocycles. The largest absolute Gasteiger partial charge is 0.395 e. The van der Waals surface area contributed by atoms with Gasteiger partial charge < -0.3 is 15.2 Å². The van der Waals surface area contributed by atoms with Crippen LogP contribution in [-0.4, -0.2) is 63.0 Å². The van der Waals surface area contributed by atoms with E-state index in [-0.39, 0.29) is 30.2 Å². The molecule has 2 aromatic heterocycles. The summed E-state index contributed by atoms with van der Waals surface area (Å²) < 4.78 is 6.88. The normalized spacial score (nSPS) is 15.8. The number of aliphatic hydroxyl groups excluding tert-OH is 1. The summed E-state index contributed by atoms with van der Waals surface area (Å²) in [4.78, 5) is 32.0. The number of carbonyl (C=O) groups excluding carboxylic acids is 1.